The molecule has 0 spiro atoms. The van der Waals surface area contributed by atoms with Crippen molar-refractivity contribution >= 4 is 17.1 Å². The largest absolute Gasteiger partial charge is 1.00 e. The van der Waals surface area contributed by atoms with Gasteiger partial charge in [-0.1, -0.05) is 32.6 Å². The molecule has 0 heterocycles. The minimum atomic E-state index is -0.117. The van der Waals surface area contributed by atoms with E-state index in [-0.39, 0.29) is 17.7 Å². The van der Waals surface area contributed by atoms with Gasteiger partial charge in [0.2, 0.25) is 0 Å². The molecule has 0 N–H and O–H groups in total. The Morgan fingerprint density at radius 3 is 2.28 bits per heavy atom. The third-order valence-corrected chi connectivity index (χ3v) is 3.30. The molecule has 0 aliphatic heterocycles. The molecule has 110 valence electrons. The number of rotatable bonds is 9. The number of carbonyl (C=O) groups is 1. The van der Waals surface area contributed by atoms with Crippen molar-refractivity contribution in [1.82, 2.24) is 0 Å². The van der Waals surface area contributed by atoms with Crippen LogP contribution in [0.4, 0.5) is 4.79 Å². The zero-order valence-corrected chi connectivity index (χ0v) is 13.8. The van der Waals surface area contributed by atoms with Gasteiger partial charge in [0.25, 0.3) is 0 Å². The number of halogens is 1. The predicted molar refractivity (Wildman–Crippen MR) is 75.5 cm³/mol. The number of likely N-dealkylation sites (N-methyl/N-ethyl adjacent to an activating group) is 1. The maximum Gasteiger partial charge on any atom is 0.367 e. The Kier molecular flexibility index (Phi) is 13.7. The third kappa shape index (κ3) is 16.1. The van der Waals surface area contributed by atoms with Gasteiger partial charge in [0.1, 0.15) is 13.2 Å². The summed E-state index contributed by atoms with van der Waals surface area (Å²) in [4.78, 5) is 11.4. The van der Waals surface area contributed by atoms with E-state index in [9.17, 15) is 4.79 Å². The lowest BCUT2D eigenvalue weighted by Gasteiger charge is -2.23. The Bertz CT molecular complexity index is 208. The van der Waals surface area contributed by atoms with E-state index in [1.807, 2.05) is 0 Å². The minimum Gasteiger partial charge on any atom is -1.00 e. The number of thioether (sulfide) groups is 1. The van der Waals surface area contributed by atoms with Crippen molar-refractivity contribution in [3.05, 3.63) is 0 Å². The highest BCUT2D eigenvalue weighted by Gasteiger charge is 2.09. The summed E-state index contributed by atoms with van der Waals surface area (Å²) < 4.78 is 5.98. The van der Waals surface area contributed by atoms with E-state index in [0.29, 0.717) is 6.61 Å². The fraction of sp³-hybridized carbons (Fsp3) is 0.923. The van der Waals surface area contributed by atoms with Crippen LogP contribution >= 0.6 is 11.8 Å². The van der Waals surface area contributed by atoms with E-state index in [2.05, 4.69) is 28.1 Å². The highest BCUT2D eigenvalue weighted by molar-refractivity contribution is 8.13. The average molecular weight is 298 g/mol. The summed E-state index contributed by atoms with van der Waals surface area (Å²) in [7, 11) is 6.28. The van der Waals surface area contributed by atoms with E-state index < -0.39 is 0 Å². The van der Waals surface area contributed by atoms with Crippen molar-refractivity contribution in [3.63, 3.8) is 0 Å². The molecule has 0 aliphatic rings. The van der Waals surface area contributed by atoms with Gasteiger partial charge < -0.3 is 21.6 Å². The van der Waals surface area contributed by atoms with Crippen molar-refractivity contribution in [3.8, 4) is 0 Å². The summed E-state index contributed by atoms with van der Waals surface area (Å²) in [5, 5.41) is -0.117. The lowest BCUT2D eigenvalue weighted by atomic mass is 10.2. The normalized spacial score (nSPS) is 10.9. The second-order valence-corrected chi connectivity index (χ2v) is 6.41. The Hall–Kier alpha value is 0.0700. The second kappa shape index (κ2) is 12.1. The van der Waals surface area contributed by atoms with Gasteiger partial charge in [-0.05, 0) is 18.2 Å². The van der Waals surface area contributed by atoms with Gasteiger partial charge in [0, 0.05) is 5.75 Å². The first-order chi connectivity index (χ1) is 7.95. The van der Waals surface area contributed by atoms with E-state index in [1.54, 1.807) is 0 Å². The van der Waals surface area contributed by atoms with Crippen molar-refractivity contribution in [2.75, 3.05) is 40.0 Å². The van der Waals surface area contributed by atoms with Gasteiger partial charge in [-0.3, -0.25) is 0 Å². The van der Waals surface area contributed by atoms with Crippen LogP contribution in [0.15, 0.2) is 0 Å². The fourth-order valence-electron chi connectivity index (χ4n) is 1.31. The summed E-state index contributed by atoms with van der Waals surface area (Å²) in [6.07, 6.45) is 6.20. The fourth-order valence-corrected chi connectivity index (χ4v) is 1.99. The van der Waals surface area contributed by atoms with Crippen LogP contribution in [0.3, 0.4) is 0 Å². The Balaban J connectivity index is 0. The molecule has 0 unspecified atom stereocenters. The van der Waals surface area contributed by atoms with E-state index in [1.165, 1.54) is 37.4 Å². The van der Waals surface area contributed by atoms with Gasteiger partial charge in [-0.2, -0.15) is 0 Å². The third-order valence-electron chi connectivity index (χ3n) is 2.45. The zero-order chi connectivity index (χ0) is 13.1. The maximum atomic E-state index is 11.4. The molecule has 0 saturated heterocycles. The summed E-state index contributed by atoms with van der Waals surface area (Å²) in [5.74, 6) is 0.896. The number of nitrogens with zero attached hydrogens (tertiary/aromatic N) is 1. The number of quaternary nitrogens is 1. The Labute approximate surface area is 123 Å². The van der Waals surface area contributed by atoms with Crippen LogP contribution in [-0.4, -0.2) is 49.8 Å². The van der Waals surface area contributed by atoms with Crippen LogP contribution in [0.2, 0.25) is 0 Å². The molecule has 18 heavy (non-hydrogen) atoms. The lowest BCUT2D eigenvalue weighted by molar-refractivity contribution is -0.870. The van der Waals surface area contributed by atoms with E-state index in [4.69, 9.17) is 4.74 Å². The smallest absolute Gasteiger partial charge is 0.367 e. The van der Waals surface area contributed by atoms with Crippen LogP contribution in [0.5, 0.6) is 0 Å². The summed E-state index contributed by atoms with van der Waals surface area (Å²) in [6, 6.07) is 0. The molecule has 0 saturated carbocycles. The topological polar surface area (TPSA) is 26.3 Å². The van der Waals surface area contributed by atoms with Gasteiger partial charge in [0.05, 0.1) is 21.1 Å². The number of ether oxygens (including phenoxy) is 1. The van der Waals surface area contributed by atoms with Gasteiger partial charge in [-0.15, -0.1) is 0 Å². The second-order valence-electron chi connectivity index (χ2n) is 5.38. The molecule has 0 radical (unpaired) electrons. The Morgan fingerprint density at radius 1 is 1.11 bits per heavy atom. The maximum absolute atomic E-state index is 11.4. The standard InChI is InChI=1S/C13H28NO2S.ClH/c1-5-6-7-8-9-12-17-13(15)16-11-10-14(2,3)4;/h5-12H2,1-4H3;1H/q+1;/p-1. The van der Waals surface area contributed by atoms with E-state index in [0.717, 1.165) is 23.2 Å². The highest BCUT2D eigenvalue weighted by atomic mass is 35.5. The lowest BCUT2D eigenvalue weighted by Crippen LogP contribution is -3.00. The SMILES string of the molecule is CCCCCCCSC(=O)OCC[N+](C)(C)C.[Cl-]. The first-order valence-corrected chi connectivity index (χ1v) is 7.54. The molecule has 3 nitrogen and oxygen atoms in total. The predicted octanol–water partition coefficient (Wildman–Crippen LogP) is 0.537. The molecule has 0 fully saturated rings. The quantitative estimate of drug-likeness (QED) is 0.353. The van der Waals surface area contributed by atoms with Gasteiger partial charge >= 0.3 is 5.30 Å². The summed E-state index contributed by atoms with van der Waals surface area (Å²) in [5.41, 5.74) is 0. The highest BCUT2D eigenvalue weighted by Crippen LogP contribution is 2.11. The van der Waals surface area contributed by atoms with Gasteiger partial charge in [-0.25, -0.2) is 4.79 Å². The van der Waals surface area contributed by atoms with Gasteiger partial charge in [0.15, 0.2) is 0 Å². The van der Waals surface area contributed by atoms with E-state index >= 15 is 0 Å². The number of unbranched alkanes of at least 4 members (excludes halogenated alkanes) is 4. The monoisotopic (exact) mass is 297 g/mol. The molecule has 0 amide bonds. The summed E-state index contributed by atoms with van der Waals surface area (Å²) >= 11 is 1.32. The molecule has 0 atom stereocenters. The van der Waals surface area contributed by atoms with Crippen molar-refractivity contribution in [2.24, 2.45) is 0 Å². The number of carbonyl (C=O) groups excluding carboxylic acids is 1. The van der Waals surface area contributed by atoms with Crippen molar-refractivity contribution in [1.29, 1.82) is 0 Å². The van der Waals surface area contributed by atoms with Crippen molar-refractivity contribution in [2.45, 2.75) is 39.0 Å². The van der Waals surface area contributed by atoms with Crippen LogP contribution in [0.1, 0.15) is 39.0 Å². The molecular formula is C13H28ClNO2S. The first kappa shape index (κ1) is 20.4. The molecular weight excluding hydrogens is 270 g/mol. The average Bonchev–Trinajstić information content (AvgIpc) is 2.21. The first-order valence-electron chi connectivity index (χ1n) is 6.55. The number of hydrogen-bond donors (Lipinski definition) is 0. The molecule has 0 rings (SSSR count). The Morgan fingerprint density at radius 2 is 1.72 bits per heavy atom. The number of hydrogen-bond acceptors (Lipinski definition) is 3. The summed E-state index contributed by atoms with van der Waals surface area (Å²) in [6.45, 7) is 3.59. The van der Waals surface area contributed by atoms with Crippen LogP contribution in [0, 0.1) is 0 Å². The van der Waals surface area contributed by atoms with Crippen LogP contribution < -0.4 is 12.4 Å². The van der Waals surface area contributed by atoms with Crippen LogP contribution in [-0.2, 0) is 4.74 Å². The van der Waals surface area contributed by atoms with Crippen LogP contribution in [0.25, 0.3) is 0 Å². The van der Waals surface area contributed by atoms with Crippen molar-refractivity contribution < 1.29 is 26.4 Å². The molecule has 5 heteroatoms. The molecule has 0 aliphatic carbocycles. The molecule has 0 aromatic carbocycles. The molecule has 0 bridgehead atoms. The minimum absolute atomic E-state index is 0. The molecule has 0 aromatic heterocycles. The molecule has 0 aromatic rings. The zero-order valence-electron chi connectivity index (χ0n) is 12.2.